The van der Waals surface area contributed by atoms with Crippen LogP contribution in [0.15, 0.2) is 12.3 Å². The minimum absolute atomic E-state index is 0.146. The van der Waals surface area contributed by atoms with Gasteiger partial charge in [-0.05, 0) is 25.8 Å². The number of nitrogen functional groups attached to an aromatic ring is 1. The van der Waals surface area contributed by atoms with Crippen molar-refractivity contribution in [2.45, 2.75) is 39.3 Å². The Labute approximate surface area is 102 Å². The van der Waals surface area contributed by atoms with Gasteiger partial charge in [-0.1, -0.05) is 6.92 Å². The summed E-state index contributed by atoms with van der Waals surface area (Å²) in [6.07, 6.45) is 2.67. The molecule has 1 heterocycles. The summed E-state index contributed by atoms with van der Waals surface area (Å²) in [5, 5.41) is 12.1. The maximum absolute atomic E-state index is 11.8. The molecule has 5 nitrogen and oxygen atoms in total. The topological polar surface area (TPSA) is 80.3 Å². The average Bonchev–Trinajstić information content (AvgIpc) is 2.70. The van der Waals surface area contributed by atoms with E-state index in [9.17, 15) is 9.90 Å². The minimum Gasteiger partial charge on any atom is -0.397 e. The first kappa shape index (κ1) is 13.6. The lowest BCUT2D eigenvalue weighted by atomic mass is 10.2. The van der Waals surface area contributed by atoms with E-state index in [-0.39, 0.29) is 12.0 Å². The zero-order valence-electron chi connectivity index (χ0n) is 10.4. The number of anilines is 1. The van der Waals surface area contributed by atoms with E-state index in [1.165, 1.54) is 0 Å². The number of rotatable bonds is 6. The summed E-state index contributed by atoms with van der Waals surface area (Å²) < 4.78 is 1.81. The number of aryl methyl sites for hydroxylation is 1. The summed E-state index contributed by atoms with van der Waals surface area (Å²) in [6.45, 7) is 5.05. The van der Waals surface area contributed by atoms with Gasteiger partial charge in [0.2, 0.25) is 0 Å². The molecule has 96 valence electrons. The van der Waals surface area contributed by atoms with Crippen LogP contribution in [0.2, 0.25) is 0 Å². The fourth-order valence-electron chi connectivity index (χ4n) is 1.63. The van der Waals surface area contributed by atoms with Crippen molar-refractivity contribution in [1.82, 2.24) is 9.88 Å². The summed E-state index contributed by atoms with van der Waals surface area (Å²) in [5.74, 6) is -0.146. The van der Waals surface area contributed by atoms with Crippen molar-refractivity contribution in [3.05, 3.63) is 18.0 Å². The third-order valence-electron chi connectivity index (χ3n) is 2.73. The number of carbonyl (C=O) groups excluding carboxylic acids is 1. The molecule has 0 spiro atoms. The maximum atomic E-state index is 11.8. The van der Waals surface area contributed by atoms with Crippen LogP contribution in [0.5, 0.6) is 0 Å². The first-order chi connectivity index (χ1) is 8.08. The highest BCUT2D eigenvalue weighted by Crippen LogP contribution is 2.10. The second-order valence-corrected chi connectivity index (χ2v) is 4.05. The van der Waals surface area contributed by atoms with Gasteiger partial charge in [0, 0.05) is 19.3 Å². The predicted molar refractivity (Wildman–Crippen MR) is 67.8 cm³/mol. The molecule has 5 heteroatoms. The zero-order valence-corrected chi connectivity index (χ0v) is 10.4. The molecule has 0 bridgehead atoms. The molecule has 1 aromatic rings. The Kier molecular flexibility index (Phi) is 5.03. The third-order valence-corrected chi connectivity index (χ3v) is 2.73. The molecule has 1 unspecified atom stereocenters. The van der Waals surface area contributed by atoms with Crippen molar-refractivity contribution in [2.24, 2.45) is 0 Å². The lowest BCUT2D eigenvalue weighted by Crippen LogP contribution is -2.28. The van der Waals surface area contributed by atoms with Gasteiger partial charge < -0.3 is 20.7 Å². The Bertz CT molecular complexity index is 374. The fourth-order valence-corrected chi connectivity index (χ4v) is 1.63. The highest BCUT2D eigenvalue weighted by atomic mass is 16.3. The molecule has 0 aromatic carbocycles. The van der Waals surface area contributed by atoms with Gasteiger partial charge in [-0.3, -0.25) is 4.79 Å². The maximum Gasteiger partial charge on any atom is 0.267 e. The summed E-state index contributed by atoms with van der Waals surface area (Å²) in [6, 6.07) is 1.66. The van der Waals surface area contributed by atoms with E-state index in [1.54, 1.807) is 16.8 Å². The Hall–Kier alpha value is -1.49. The Morgan fingerprint density at radius 3 is 2.88 bits per heavy atom. The number of hydrogen-bond acceptors (Lipinski definition) is 3. The van der Waals surface area contributed by atoms with Gasteiger partial charge in [0.25, 0.3) is 5.91 Å². The van der Waals surface area contributed by atoms with Crippen LogP contribution < -0.4 is 11.1 Å². The number of nitrogens with two attached hydrogens (primary N) is 1. The van der Waals surface area contributed by atoms with Crippen LogP contribution in [0.1, 0.15) is 37.2 Å². The van der Waals surface area contributed by atoms with Crippen LogP contribution in [-0.2, 0) is 6.54 Å². The van der Waals surface area contributed by atoms with Gasteiger partial charge in [0.15, 0.2) is 0 Å². The lowest BCUT2D eigenvalue weighted by Gasteiger charge is -2.10. The van der Waals surface area contributed by atoms with Gasteiger partial charge in [-0.25, -0.2) is 0 Å². The molecule has 1 rings (SSSR count). The number of hydrogen-bond donors (Lipinski definition) is 3. The van der Waals surface area contributed by atoms with E-state index in [1.807, 2.05) is 13.8 Å². The largest absolute Gasteiger partial charge is 0.397 e. The molecule has 17 heavy (non-hydrogen) atoms. The third kappa shape index (κ3) is 3.78. The quantitative estimate of drug-likeness (QED) is 0.692. The summed E-state index contributed by atoms with van der Waals surface area (Å²) in [7, 11) is 0. The van der Waals surface area contributed by atoms with Gasteiger partial charge >= 0.3 is 0 Å². The number of nitrogens with one attached hydrogen (secondary N) is 1. The molecule has 0 fully saturated rings. The van der Waals surface area contributed by atoms with E-state index in [2.05, 4.69) is 5.32 Å². The van der Waals surface area contributed by atoms with Crippen LogP contribution in [0.3, 0.4) is 0 Å². The van der Waals surface area contributed by atoms with Crippen molar-refractivity contribution in [2.75, 3.05) is 12.3 Å². The molecule has 0 saturated heterocycles. The average molecular weight is 239 g/mol. The molecule has 0 saturated carbocycles. The zero-order chi connectivity index (χ0) is 12.8. The van der Waals surface area contributed by atoms with Crippen LogP contribution in [-0.4, -0.2) is 28.2 Å². The first-order valence-electron chi connectivity index (χ1n) is 6.00. The van der Waals surface area contributed by atoms with Gasteiger partial charge in [0.1, 0.15) is 5.69 Å². The summed E-state index contributed by atoms with van der Waals surface area (Å²) in [5.41, 5.74) is 6.80. The summed E-state index contributed by atoms with van der Waals surface area (Å²) >= 11 is 0. The molecule has 1 atom stereocenters. The fraction of sp³-hybridized carbons (Fsp3) is 0.583. The van der Waals surface area contributed by atoms with E-state index in [0.29, 0.717) is 37.3 Å². The van der Waals surface area contributed by atoms with Crippen molar-refractivity contribution in [1.29, 1.82) is 0 Å². The number of aromatic nitrogens is 1. The number of aliphatic hydroxyl groups is 1. The molecular formula is C12H21N3O2. The number of carbonyl (C=O) groups is 1. The second-order valence-electron chi connectivity index (χ2n) is 4.05. The molecular weight excluding hydrogens is 218 g/mol. The van der Waals surface area contributed by atoms with Crippen LogP contribution in [0.4, 0.5) is 5.69 Å². The molecule has 1 aromatic heterocycles. The van der Waals surface area contributed by atoms with Gasteiger partial charge in [0.05, 0.1) is 11.8 Å². The number of amides is 1. The van der Waals surface area contributed by atoms with Crippen LogP contribution >= 0.6 is 0 Å². The predicted octanol–water partition coefficient (Wildman–Crippen LogP) is 0.981. The molecule has 1 amide bonds. The highest BCUT2D eigenvalue weighted by Gasteiger charge is 2.11. The highest BCUT2D eigenvalue weighted by molar-refractivity contribution is 5.93. The number of aliphatic hydroxyl groups excluding tert-OH is 1. The van der Waals surface area contributed by atoms with Crippen molar-refractivity contribution in [3.63, 3.8) is 0 Å². The minimum atomic E-state index is -0.349. The van der Waals surface area contributed by atoms with Crippen LogP contribution in [0.25, 0.3) is 0 Å². The van der Waals surface area contributed by atoms with Crippen LogP contribution in [0, 0.1) is 0 Å². The SMILES string of the molecule is CCC(O)CCNC(=O)c1cc(N)cn1CC. The Morgan fingerprint density at radius 2 is 2.29 bits per heavy atom. The van der Waals surface area contributed by atoms with Crippen molar-refractivity contribution < 1.29 is 9.90 Å². The Balaban J connectivity index is 2.52. The molecule has 0 aliphatic carbocycles. The smallest absolute Gasteiger partial charge is 0.267 e. The molecule has 0 aliphatic rings. The molecule has 0 radical (unpaired) electrons. The second kappa shape index (κ2) is 6.30. The van der Waals surface area contributed by atoms with Crippen molar-refractivity contribution >= 4 is 11.6 Å². The van der Waals surface area contributed by atoms with E-state index < -0.39 is 0 Å². The normalized spacial score (nSPS) is 12.4. The number of nitrogens with zero attached hydrogens (tertiary/aromatic N) is 1. The monoisotopic (exact) mass is 239 g/mol. The first-order valence-corrected chi connectivity index (χ1v) is 6.00. The molecule has 4 N–H and O–H groups in total. The van der Waals surface area contributed by atoms with Gasteiger partial charge in [-0.15, -0.1) is 0 Å². The van der Waals surface area contributed by atoms with E-state index in [0.717, 1.165) is 0 Å². The summed E-state index contributed by atoms with van der Waals surface area (Å²) in [4.78, 5) is 11.8. The Morgan fingerprint density at radius 1 is 1.59 bits per heavy atom. The lowest BCUT2D eigenvalue weighted by molar-refractivity contribution is 0.0933. The van der Waals surface area contributed by atoms with E-state index in [4.69, 9.17) is 5.73 Å². The van der Waals surface area contributed by atoms with Crippen molar-refractivity contribution in [3.8, 4) is 0 Å². The van der Waals surface area contributed by atoms with E-state index >= 15 is 0 Å². The van der Waals surface area contributed by atoms with Gasteiger partial charge in [-0.2, -0.15) is 0 Å². The standard InChI is InChI=1S/C12H21N3O2/c1-3-10(16)5-6-14-12(17)11-7-9(13)8-15(11)4-2/h7-8,10,16H,3-6,13H2,1-2H3,(H,14,17). The molecule has 0 aliphatic heterocycles.